The van der Waals surface area contributed by atoms with Crippen LogP contribution in [0.5, 0.6) is 0 Å². The minimum Gasteiger partial charge on any atom is -0.409 e. The zero-order chi connectivity index (χ0) is 14.4. The van der Waals surface area contributed by atoms with E-state index in [0.717, 1.165) is 6.42 Å². The van der Waals surface area contributed by atoms with Gasteiger partial charge in [-0.15, -0.1) is 11.3 Å². The maximum absolute atomic E-state index is 11.8. The molecule has 0 spiro atoms. The number of thiophene rings is 1. The number of oxime groups is 1. The van der Waals surface area contributed by atoms with E-state index in [-0.39, 0.29) is 11.7 Å². The molecule has 0 aromatic carbocycles. The average Bonchev–Trinajstić information content (AvgIpc) is 2.99. The van der Waals surface area contributed by atoms with Crippen LogP contribution in [-0.4, -0.2) is 28.5 Å². The largest absolute Gasteiger partial charge is 0.409 e. The third kappa shape index (κ3) is 3.55. The molecule has 0 saturated heterocycles. The molecule has 20 heavy (non-hydrogen) atoms. The van der Waals surface area contributed by atoms with Crippen molar-refractivity contribution in [3.63, 3.8) is 0 Å². The number of nitrogens with zero attached hydrogens (tertiary/aromatic N) is 2. The number of amidine groups is 1. The Morgan fingerprint density at radius 3 is 2.90 bits per heavy atom. The van der Waals surface area contributed by atoms with Gasteiger partial charge in [-0.2, -0.15) is 0 Å². The quantitative estimate of drug-likeness (QED) is 0.333. The van der Waals surface area contributed by atoms with Gasteiger partial charge in [0.1, 0.15) is 5.69 Å². The Morgan fingerprint density at radius 1 is 1.45 bits per heavy atom. The standard InChI is InChI=1S/C13H14N4O2S/c14-12(17-19)9-3-4-11(16-8-9)13(18)15-6-5-10-2-1-7-20-10/h1-4,7-8,19H,5-6H2,(H2,14,17)(H,15,18). The predicted molar refractivity (Wildman–Crippen MR) is 77.1 cm³/mol. The highest BCUT2D eigenvalue weighted by Gasteiger charge is 2.07. The van der Waals surface area contributed by atoms with Crippen LogP contribution >= 0.6 is 11.3 Å². The van der Waals surface area contributed by atoms with E-state index in [0.29, 0.717) is 17.8 Å². The smallest absolute Gasteiger partial charge is 0.269 e. The summed E-state index contributed by atoms with van der Waals surface area (Å²) in [5, 5.41) is 16.2. The van der Waals surface area contributed by atoms with Gasteiger partial charge in [0.15, 0.2) is 5.84 Å². The van der Waals surface area contributed by atoms with E-state index in [9.17, 15) is 4.79 Å². The molecule has 2 rings (SSSR count). The highest BCUT2D eigenvalue weighted by atomic mass is 32.1. The Morgan fingerprint density at radius 2 is 2.30 bits per heavy atom. The Balaban J connectivity index is 1.89. The number of nitrogens with one attached hydrogen (secondary N) is 1. The maximum atomic E-state index is 11.8. The van der Waals surface area contributed by atoms with Crippen LogP contribution in [0.1, 0.15) is 20.9 Å². The first-order valence-electron chi connectivity index (χ1n) is 5.95. The van der Waals surface area contributed by atoms with Crippen molar-refractivity contribution in [2.45, 2.75) is 6.42 Å². The van der Waals surface area contributed by atoms with Crippen molar-refractivity contribution in [2.75, 3.05) is 6.54 Å². The van der Waals surface area contributed by atoms with Crippen molar-refractivity contribution < 1.29 is 10.0 Å². The van der Waals surface area contributed by atoms with Gasteiger partial charge >= 0.3 is 0 Å². The summed E-state index contributed by atoms with van der Waals surface area (Å²) in [7, 11) is 0. The van der Waals surface area contributed by atoms with Crippen LogP contribution < -0.4 is 11.1 Å². The molecule has 0 aliphatic heterocycles. The third-order valence-electron chi connectivity index (χ3n) is 2.64. The lowest BCUT2D eigenvalue weighted by Gasteiger charge is -2.04. The Labute approximate surface area is 120 Å². The van der Waals surface area contributed by atoms with Crippen LogP contribution in [-0.2, 0) is 6.42 Å². The molecule has 2 aromatic heterocycles. The van der Waals surface area contributed by atoms with Crippen LogP contribution in [0.15, 0.2) is 41.0 Å². The first-order chi connectivity index (χ1) is 9.70. The third-order valence-corrected chi connectivity index (χ3v) is 3.57. The fraction of sp³-hybridized carbons (Fsp3) is 0.154. The van der Waals surface area contributed by atoms with Crippen LogP contribution in [0.3, 0.4) is 0 Å². The van der Waals surface area contributed by atoms with E-state index in [2.05, 4.69) is 15.5 Å². The Bertz CT molecular complexity index is 593. The lowest BCUT2D eigenvalue weighted by molar-refractivity contribution is 0.0949. The first-order valence-corrected chi connectivity index (χ1v) is 6.83. The molecule has 0 aliphatic carbocycles. The number of carbonyl (C=O) groups excluding carboxylic acids is 1. The van der Waals surface area contributed by atoms with Crippen molar-refractivity contribution in [1.29, 1.82) is 0 Å². The summed E-state index contributed by atoms with van der Waals surface area (Å²) in [6.45, 7) is 0.559. The molecular formula is C13H14N4O2S. The van der Waals surface area contributed by atoms with Crippen LogP contribution in [0.4, 0.5) is 0 Å². The zero-order valence-electron chi connectivity index (χ0n) is 10.6. The van der Waals surface area contributed by atoms with Gasteiger partial charge in [-0.25, -0.2) is 0 Å². The Kier molecular flexibility index (Phi) is 4.67. The second kappa shape index (κ2) is 6.67. The summed E-state index contributed by atoms with van der Waals surface area (Å²) in [5.74, 6) is -0.283. The molecule has 2 aromatic rings. The van der Waals surface area contributed by atoms with E-state index in [4.69, 9.17) is 10.9 Å². The van der Waals surface area contributed by atoms with Crippen LogP contribution in [0.2, 0.25) is 0 Å². The average molecular weight is 290 g/mol. The van der Waals surface area contributed by atoms with Crippen molar-refractivity contribution >= 4 is 23.1 Å². The molecule has 0 bridgehead atoms. The minimum atomic E-state index is -0.243. The van der Waals surface area contributed by atoms with E-state index in [1.807, 2.05) is 17.5 Å². The summed E-state index contributed by atoms with van der Waals surface area (Å²) < 4.78 is 0. The SMILES string of the molecule is NC(=NO)c1ccc(C(=O)NCCc2cccs2)nc1. The molecular weight excluding hydrogens is 276 g/mol. The number of carbonyl (C=O) groups is 1. The number of hydrogen-bond acceptors (Lipinski definition) is 5. The van der Waals surface area contributed by atoms with E-state index in [1.54, 1.807) is 17.4 Å². The molecule has 0 saturated carbocycles. The number of rotatable bonds is 5. The van der Waals surface area contributed by atoms with E-state index in [1.165, 1.54) is 17.1 Å². The number of hydrogen-bond donors (Lipinski definition) is 3. The first kappa shape index (κ1) is 14.0. The fourth-order valence-corrected chi connectivity index (χ4v) is 2.29. The number of nitrogens with two attached hydrogens (primary N) is 1. The maximum Gasteiger partial charge on any atom is 0.269 e. The van der Waals surface area contributed by atoms with Gasteiger partial charge in [0, 0.05) is 23.2 Å². The number of pyridine rings is 1. The zero-order valence-corrected chi connectivity index (χ0v) is 11.4. The van der Waals surface area contributed by atoms with E-state index < -0.39 is 0 Å². The van der Waals surface area contributed by atoms with Gasteiger partial charge in [-0.1, -0.05) is 11.2 Å². The molecule has 6 nitrogen and oxygen atoms in total. The van der Waals surface area contributed by atoms with E-state index >= 15 is 0 Å². The lowest BCUT2D eigenvalue weighted by Crippen LogP contribution is -2.26. The molecule has 7 heteroatoms. The summed E-state index contributed by atoms with van der Waals surface area (Å²) in [6, 6.07) is 7.13. The second-order valence-corrected chi connectivity index (χ2v) is 5.03. The molecule has 104 valence electrons. The molecule has 0 radical (unpaired) electrons. The lowest BCUT2D eigenvalue weighted by atomic mass is 10.2. The highest BCUT2D eigenvalue weighted by molar-refractivity contribution is 7.09. The molecule has 0 atom stereocenters. The topological polar surface area (TPSA) is 101 Å². The van der Waals surface area contributed by atoms with Crippen molar-refractivity contribution in [3.8, 4) is 0 Å². The minimum absolute atomic E-state index is 0.0397. The summed E-state index contributed by atoms with van der Waals surface area (Å²) in [4.78, 5) is 17.0. The van der Waals surface area contributed by atoms with Crippen molar-refractivity contribution in [2.24, 2.45) is 10.9 Å². The highest BCUT2D eigenvalue weighted by Crippen LogP contribution is 2.08. The molecule has 0 aliphatic rings. The fourth-order valence-electron chi connectivity index (χ4n) is 1.58. The van der Waals surface area contributed by atoms with Crippen molar-refractivity contribution in [3.05, 3.63) is 52.0 Å². The van der Waals surface area contributed by atoms with Gasteiger partial charge in [-0.3, -0.25) is 9.78 Å². The monoisotopic (exact) mass is 290 g/mol. The van der Waals surface area contributed by atoms with Gasteiger partial charge in [0.05, 0.1) is 0 Å². The predicted octanol–water partition coefficient (Wildman–Crippen LogP) is 1.21. The van der Waals surface area contributed by atoms with Crippen LogP contribution in [0.25, 0.3) is 0 Å². The van der Waals surface area contributed by atoms with Gasteiger partial charge in [0.25, 0.3) is 5.91 Å². The van der Waals surface area contributed by atoms with Gasteiger partial charge in [0.2, 0.25) is 0 Å². The Hall–Kier alpha value is -2.41. The number of amides is 1. The molecule has 2 heterocycles. The summed E-state index contributed by atoms with van der Waals surface area (Å²) >= 11 is 1.66. The summed E-state index contributed by atoms with van der Waals surface area (Å²) in [5.41, 5.74) is 6.17. The van der Waals surface area contributed by atoms with Crippen molar-refractivity contribution in [1.82, 2.24) is 10.3 Å². The molecule has 4 N–H and O–H groups in total. The normalized spacial score (nSPS) is 11.3. The summed E-state index contributed by atoms with van der Waals surface area (Å²) in [6.07, 6.45) is 2.19. The van der Waals surface area contributed by atoms with Crippen LogP contribution in [0, 0.1) is 0 Å². The molecule has 0 unspecified atom stereocenters. The molecule has 1 amide bonds. The molecule has 0 fully saturated rings. The van der Waals surface area contributed by atoms with Gasteiger partial charge in [-0.05, 0) is 30.0 Å². The van der Waals surface area contributed by atoms with Gasteiger partial charge < -0.3 is 16.3 Å². The second-order valence-electron chi connectivity index (χ2n) is 4.00. The number of aromatic nitrogens is 1.